The molecule has 1 aromatic carbocycles. The Morgan fingerprint density at radius 3 is 2.26 bits per heavy atom. The number of benzene rings is 1. The van der Waals surface area contributed by atoms with Gasteiger partial charge in [0.2, 0.25) is 0 Å². The number of aromatic nitrogens is 3. The van der Waals surface area contributed by atoms with Gasteiger partial charge in [0, 0.05) is 42.3 Å². The summed E-state index contributed by atoms with van der Waals surface area (Å²) in [6, 6.07) is 15.2. The van der Waals surface area contributed by atoms with Gasteiger partial charge in [-0.3, -0.25) is 9.97 Å². The van der Waals surface area contributed by atoms with Gasteiger partial charge in [-0.1, -0.05) is 35.0 Å². The molecule has 7 heteroatoms. The normalized spacial score (nSPS) is 11.8. The van der Waals surface area contributed by atoms with E-state index in [1.54, 1.807) is 32.2 Å². The molecule has 0 fully saturated rings. The van der Waals surface area contributed by atoms with Crippen LogP contribution in [0.3, 0.4) is 0 Å². The minimum Gasteiger partial charge on any atom is -0.356 e. The van der Waals surface area contributed by atoms with Crippen LogP contribution < -0.4 is 0 Å². The molecule has 0 aliphatic carbocycles. The van der Waals surface area contributed by atoms with Crippen molar-refractivity contribution in [2.24, 2.45) is 0 Å². The van der Waals surface area contributed by atoms with Crippen LogP contribution in [0, 0.1) is 13.8 Å². The lowest BCUT2D eigenvalue weighted by molar-refractivity contribution is 0.434. The van der Waals surface area contributed by atoms with Crippen LogP contribution >= 0.6 is 0 Å². The lowest BCUT2D eigenvalue weighted by atomic mass is 10.0. The van der Waals surface area contributed by atoms with E-state index in [0.29, 0.717) is 11.5 Å². The zero-order valence-electron chi connectivity index (χ0n) is 17.8. The Balaban J connectivity index is 0.00000289. The monoisotopic (exact) mass is 435 g/mol. The molecule has 0 unspecified atom stereocenters. The largest absolute Gasteiger partial charge is 0.356 e. The first kappa shape index (κ1) is 20.9. The molecule has 3 aromatic heterocycles. The maximum Gasteiger partial charge on any atom is 0.182 e. The summed E-state index contributed by atoms with van der Waals surface area (Å²) in [4.78, 5) is 9.05. The Labute approximate surface area is 183 Å². The van der Waals surface area contributed by atoms with Gasteiger partial charge in [0.25, 0.3) is 0 Å². The third-order valence-corrected chi connectivity index (χ3v) is 7.33. The van der Waals surface area contributed by atoms with Crippen molar-refractivity contribution in [3.63, 3.8) is 0 Å². The molecule has 160 valence electrons. The van der Waals surface area contributed by atoms with Crippen molar-refractivity contribution in [1.82, 2.24) is 15.1 Å². The standard InChI is InChI=1S/C24H23N3O3S.H2/c1-15(2)31(28,29)20-9-10-22(26-14-20)19-11-21(17(4)25-13-19)24-12-23(27-30-24)18-7-5-16(3)6-8-18;/h5-15H,1-4H3;1H. The molecule has 0 aliphatic rings. The van der Waals surface area contributed by atoms with Crippen LogP contribution in [0.5, 0.6) is 0 Å². The molecule has 4 rings (SSSR count). The second kappa shape index (κ2) is 8.07. The Morgan fingerprint density at radius 1 is 0.871 bits per heavy atom. The number of sulfone groups is 1. The molecule has 31 heavy (non-hydrogen) atoms. The van der Waals surface area contributed by atoms with Gasteiger partial charge in [0.1, 0.15) is 5.69 Å². The summed E-state index contributed by atoms with van der Waals surface area (Å²) >= 11 is 0. The Kier molecular flexibility index (Phi) is 5.45. The number of hydrogen-bond acceptors (Lipinski definition) is 6. The first-order valence-electron chi connectivity index (χ1n) is 9.97. The smallest absolute Gasteiger partial charge is 0.182 e. The molecular weight excluding hydrogens is 410 g/mol. The Morgan fingerprint density at radius 2 is 1.61 bits per heavy atom. The predicted octanol–water partition coefficient (Wildman–Crippen LogP) is 5.51. The van der Waals surface area contributed by atoms with Crippen molar-refractivity contribution >= 4 is 9.84 Å². The van der Waals surface area contributed by atoms with Crippen LogP contribution in [0.4, 0.5) is 0 Å². The fraction of sp³-hybridized carbons (Fsp3) is 0.208. The van der Waals surface area contributed by atoms with E-state index in [0.717, 1.165) is 28.1 Å². The first-order chi connectivity index (χ1) is 14.8. The first-order valence-corrected chi connectivity index (χ1v) is 11.5. The van der Waals surface area contributed by atoms with Gasteiger partial charge in [0.15, 0.2) is 15.6 Å². The highest BCUT2D eigenvalue weighted by molar-refractivity contribution is 7.92. The lowest BCUT2D eigenvalue weighted by Gasteiger charge is -2.09. The van der Waals surface area contributed by atoms with Crippen molar-refractivity contribution < 1.29 is 14.4 Å². The highest BCUT2D eigenvalue weighted by atomic mass is 32.2. The second-order valence-corrected chi connectivity index (χ2v) is 10.3. The van der Waals surface area contributed by atoms with Gasteiger partial charge in [-0.15, -0.1) is 0 Å². The van der Waals surface area contributed by atoms with Gasteiger partial charge in [0.05, 0.1) is 15.8 Å². The van der Waals surface area contributed by atoms with Crippen LogP contribution in [-0.4, -0.2) is 28.8 Å². The van der Waals surface area contributed by atoms with Crippen LogP contribution in [0.2, 0.25) is 0 Å². The second-order valence-electron chi connectivity index (χ2n) is 7.77. The topological polar surface area (TPSA) is 86.0 Å². The van der Waals surface area contributed by atoms with E-state index >= 15 is 0 Å². The number of hydrogen-bond donors (Lipinski definition) is 0. The molecule has 0 atom stereocenters. The molecule has 0 N–H and O–H groups in total. The molecule has 3 heterocycles. The number of nitrogens with zero attached hydrogens (tertiary/aromatic N) is 3. The third-order valence-electron chi connectivity index (χ3n) is 5.19. The zero-order valence-corrected chi connectivity index (χ0v) is 18.6. The summed E-state index contributed by atoms with van der Waals surface area (Å²) in [6.07, 6.45) is 3.11. The summed E-state index contributed by atoms with van der Waals surface area (Å²) in [7, 11) is -3.36. The number of aryl methyl sites for hydroxylation is 2. The van der Waals surface area contributed by atoms with Gasteiger partial charge < -0.3 is 4.52 Å². The van der Waals surface area contributed by atoms with E-state index in [9.17, 15) is 8.42 Å². The zero-order chi connectivity index (χ0) is 22.2. The lowest BCUT2D eigenvalue weighted by Crippen LogP contribution is -2.14. The summed E-state index contributed by atoms with van der Waals surface area (Å²) in [5.74, 6) is 0.612. The van der Waals surface area contributed by atoms with Gasteiger partial charge in [-0.2, -0.15) is 0 Å². The molecule has 6 nitrogen and oxygen atoms in total. The number of pyridine rings is 2. The van der Waals surface area contributed by atoms with Crippen molar-refractivity contribution in [2.45, 2.75) is 37.8 Å². The van der Waals surface area contributed by atoms with Crippen LogP contribution in [0.15, 0.2) is 70.3 Å². The number of rotatable bonds is 5. The van der Waals surface area contributed by atoms with Crippen molar-refractivity contribution in [3.8, 4) is 33.8 Å². The summed E-state index contributed by atoms with van der Waals surface area (Å²) in [5, 5.41) is 3.71. The minimum absolute atomic E-state index is 0. The predicted molar refractivity (Wildman–Crippen MR) is 122 cm³/mol. The van der Waals surface area contributed by atoms with E-state index < -0.39 is 15.1 Å². The van der Waals surface area contributed by atoms with Gasteiger partial charge in [-0.25, -0.2) is 8.42 Å². The summed E-state index contributed by atoms with van der Waals surface area (Å²) in [6.45, 7) is 7.25. The third kappa shape index (κ3) is 4.14. The van der Waals surface area contributed by atoms with E-state index in [-0.39, 0.29) is 6.32 Å². The van der Waals surface area contributed by atoms with E-state index in [1.807, 2.05) is 50.2 Å². The summed E-state index contributed by atoms with van der Waals surface area (Å²) < 4.78 is 30.3. The Bertz CT molecular complexity index is 1330. The van der Waals surface area contributed by atoms with Crippen molar-refractivity contribution in [1.29, 1.82) is 0 Å². The van der Waals surface area contributed by atoms with E-state index in [4.69, 9.17) is 4.52 Å². The average molecular weight is 436 g/mol. The maximum absolute atomic E-state index is 12.3. The molecule has 0 amide bonds. The summed E-state index contributed by atoms with van der Waals surface area (Å²) in [5.41, 5.74) is 5.92. The quantitative estimate of drug-likeness (QED) is 0.411. The van der Waals surface area contributed by atoms with E-state index in [1.165, 1.54) is 11.8 Å². The molecule has 0 aliphatic heterocycles. The molecular formula is C24H25N3O3S. The molecule has 0 saturated heterocycles. The minimum atomic E-state index is -3.36. The average Bonchev–Trinajstić information content (AvgIpc) is 3.24. The fourth-order valence-electron chi connectivity index (χ4n) is 3.18. The molecule has 0 radical (unpaired) electrons. The molecule has 0 spiro atoms. The fourth-order valence-corrected chi connectivity index (χ4v) is 4.18. The Hall–Kier alpha value is -3.32. The molecule has 4 aromatic rings. The SMILES string of the molecule is Cc1ccc(-c2cc(-c3cc(-c4ccc(S(=O)(=O)C(C)C)cn4)cnc3C)on2)cc1.[HH]. The van der Waals surface area contributed by atoms with Crippen LogP contribution in [0.1, 0.15) is 26.5 Å². The van der Waals surface area contributed by atoms with Crippen molar-refractivity contribution in [3.05, 3.63) is 72.2 Å². The van der Waals surface area contributed by atoms with E-state index in [2.05, 4.69) is 15.1 Å². The molecule has 0 bridgehead atoms. The van der Waals surface area contributed by atoms with Gasteiger partial charge >= 0.3 is 0 Å². The maximum atomic E-state index is 12.3. The van der Waals surface area contributed by atoms with Crippen LogP contribution in [-0.2, 0) is 9.84 Å². The van der Waals surface area contributed by atoms with Crippen LogP contribution in [0.25, 0.3) is 33.8 Å². The highest BCUT2D eigenvalue weighted by Gasteiger charge is 2.20. The van der Waals surface area contributed by atoms with Gasteiger partial charge in [-0.05, 0) is 45.9 Å². The molecule has 0 saturated carbocycles. The highest BCUT2D eigenvalue weighted by Crippen LogP contribution is 2.30. The van der Waals surface area contributed by atoms with Crippen molar-refractivity contribution in [2.75, 3.05) is 0 Å².